The average molecular weight is 305 g/mol. The number of pyridine rings is 1. The van der Waals surface area contributed by atoms with Crippen molar-refractivity contribution in [1.29, 1.82) is 0 Å². The van der Waals surface area contributed by atoms with Gasteiger partial charge < -0.3 is 10.4 Å². The third-order valence-corrected chi connectivity index (χ3v) is 3.09. The maximum absolute atomic E-state index is 12.0. The van der Waals surface area contributed by atoms with Crippen molar-refractivity contribution in [2.75, 3.05) is 0 Å². The van der Waals surface area contributed by atoms with Gasteiger partial charge in [0.05, 0.1) is 6.42 Å². The topological polar surface area (TPSA) is 79.3 Å². The highest BCUT2D eigenvalue weighted by Crippen LogP contribution is 2.11. The van der Waals surface area contributed by atoms with Crippen molar-refractivity contribution in [3.8, 4) is 0 Å². The summed E-state index contributed by atoms with van der Waals surface area (Å²) in [5.41, 5.74) is 1.86. The second-order valence-corrected chi connectivity index (χ2v) is 4.78. The fraction of sp³-hybridized carbons (Fsp3) is 0.133. The van der Waals surface area contributed by atoms with E-state index in [-0.39, 0.29) is 24.0 Å². The van der Waals surface area contributed by atoms with Crippen molar-refractivity contribution in [2.24, 2.45) is 0 Å². The van der Waals surface area contributed by atoms with Crippen molar-refractivity contribution >= 4 is 23.5 Å². The van der Waals surface area contributed by atoms with E-state index in [0.717, 1.165) is 5.56 Å². The molecule has 0 fully saturated rings. The van der Waals surface area contributed by atoms with Crippen LogP contribution >= 0.6 is 11.6 Å². The Bertz CT molecular complexity index is 673. The van der Waals surface area contributed by atoms with Gasteiger partial charge in [-0.1, -0.05) is 35.9 Å². The lowest BCUT2D eigenvalue weighted by Gasteiger charge is -2.09. The van der Waals surface area contributed by atoms with Gasteiger partial charge in [-0.3, -0.25) is 9.59 Å². The first-order chi connectivity index (χ1) is 10.1. The van der Waals surface area contributed by atoms with E-state index in [1.165, 1.54) is 12.3 Å². The van der Waals surface area contributed by atoms with Crippen LogP contribution in [0.1, 0.15) is 21.5 Å². The van der Waals surface area contributed by atoms with E-state index in [1.54, 1.807) is 30.3 Å². The fourth-order valence-electron chi connectivity index (χ4n) is 1.89. The molecule has 2 aromatic rings. The molecule has 0 atom stereocenters. The van der Waals surface area contributed by atoms with Gasteiger partial charge in [0.2, 0.25) is 0 Å². The van der Waals surface area contributed by atoms with Gasteiger partial charge >= 0.3 is 5.97 Å². The molecule has 108 valence electrons. The quantitative estimate of drug-likeness (QED) is 0.831. The number of carbonyl (C=O) groups excluding carboxylic acids is 1. The monoisotopic (exact) mass is 304 g/mol. The van der Waals surface area contributed by atoms with E-state index >= 15 is 0 Å². The first-order valence-electron chi connectivity index (χ1n) is 6.24. The van der Waals surface area contributed by atoms with E-state index in [1.807, 2.05) is 0 Å². The number of carbonyl (C=O) groups is 2. The Balaban J connectivity index is 2.06. The number of hydrogen-bond donors (Lipinski definition) is 2. The van der Waals surface area contributed by atoms with E-state index < -0.39 is 5.97 Å². The molecule has 0 bridgehead atoms. The third-order valence-electron chi connectivity index (χ3n) is 2.89. The molecule has 0 aliphatic rings. The fourth-order valence-corrected chi connectivity index (χ4v) is 2.06. The Morgan fingerprint density at radius 2 is 1.90 bits per heavy atom. The first kappa shape index (κ1) is 15.0. The maximum Gasteiger partial charge on any atom is 0.307 e. The number of nitrogens with one attached hydrogen (secondary N) is 1. The lowest BCUT2D eigenvalue weighted by atomic mass is 10.0. The summed E-state index contributed by atoms with van der Waals surface area (Å²) in [6, 6.07) is 10.1. The normalized spacial score (nSPS) is 10.1. The van der Waals surface area contributed by atoms with Gasteiger partial charge in [0, 0.05) is 18.3 Å². The van der Waals surface area contributed by atoms with Gasteiger partial charge in [-0.25, -0.2) is 4.98 Å². The zero-order valence-electron chi connectivity index (χ0n) is 11.0. The SMILES string of the molecule is O=C(O)Cc1ccccc1CNC(=O)c1ccnc(Cl)c1. The Kier molecular flexibility index (Phi) is 4.90. The average Bonchev–Trinajstić information content (AvgIpc) is 2.45. The summed E-state index contributed by atoms with van der Waals surface area (Å²) in [6.45, 7) is 0.252. The number of carboxylic acids is 1. The largest absolute Gasteiger partial charge is 0.481 e. The van der Waals surface area contributed by atoms with Crippen molar-refractivity contribution in [2.45, 2.75) is 13.0 Å². The van der Waals surface area contributed by atoms with Crippen LogP contribution in [0.4, 0.5) is 0 Å². The number of rotatable bonds is 5. The van der Waals surface area contributed by atoms with Crippen LogP contribution < -0.4 is 5.32 Å². The standard InChI is InChI=1S/C15H13ClN2O3/c16-13-7-11(5-6-17-13)15(21)18-9-12-4-2-1-3-10(12)8-14(19)20/h1-7H,8-9H2,(H,18,21)(H,19,20). The van der Waals surface area contributed by atoms with Gasteiger partial charge in [0.25, 0.3) is 5.91 Å². The summed E-state index contributed by atoms with van der Waals surface area (Å²) in [7, 11) is 0. The van der Waals surface area contributed by atoms with Crippen LogP contribution in [0.25, 0.3) is 0 Å². The summed E-state index contributed by atoms with van der Waals surface area (Å²) in [4.78, 5) is 26.6. The highest BCUT2D eigenvalue weighted by atomic mass is 35.5. The molecule has 1 aromatic carbocycles. The van der Waals surface area contributed by atoms with Gasteiger partial charge in [0.15, 0.2) is 0 Å². The second-order valence-electron chi connectivity index (χ2n) is 4.39. The molecule has 1 heterocycles. The van der Waals surface area contributed by atoms with Crippen LogP contribution in [-0.4, -0.2) is 22.0 Å². The highest BCUT2D eigenvalue weighted by molar-refractivity contribution is 6.29. The van der Waals surface area contributed by atoms with Gasteiger partial charge in [-0.2, -0.15) is 0 Å². The molecule has 1 amide bonds. The zero-order chi connectivity index (χ0) is 15.2. The van der Waals surface area contributed by atoms with E-state index in [2.05, 4.69) is 10.3 Å². The summed E-state index contributed by atoms with van der Waals surface area (Å²) in [5, 5.41) is 11.9. The molecular formula is C15H13ClN2O3. The van der Waals surface area contributed by atoms with Crippen molar-refractivity contribution in [3.05, 3.63) is 64.4 Å². The van der Waals surface area contributed by atoms with Crippen LogP contribution in [0.5, 0.6) is 0 Å². The minimum absolute atomic E-state index is 0.0763. The molecule has 0 aliphatic heterocycles. The Morgan fingerprint density at radius 3 is 2.57 bits per heavy atom. The van der Waals surface area contributed by atoms with Crippen molar-refractivity contribution < 1.29 is 14.7 Å². The number of aliphatic carboxylic acids is 1. The highest BCUT2D eigenvalue weighted by Gasteiger charge is 2.09. The molecule has 0 unspecified atom stereocenters. The molecule has 6 heteroatoms. The molecule has 0 aliphatic carbocycles. The molecule has 5 nitrogen and oxygen atoms in total. The maximum atomic E-state index is 12.0. The second kappa shape index (κ2) is 6.85. The predicted molar refractivity (Wildman–Crippen MR) is 78.2 cm³/mol. The first-order valence-corrected chi connectivity index (χ1v) is 6.62. The number of aromatic nitrogens is 1. The number of hydrogen-bond acceptors (Lipinski definition) is 3. The van der Waals surface area contributed by atoms with Crippen molar-refractivity contribution in [3.63, 3.8) is 0 Å². The van der Waals surface area contributed by atoms with E-state index in [4.69, 9.17) is 16.7 Å². The Hall–Kier alpha value is -2.40. The van der Waals surface area contributed by atoms with Crippen LogP contribution in [-0.2, 0) is 17.8 Å². The molecule has 0 radical (unpaired) electrons. The molecule has 1 aromatic heterocycles. The number of benzene rings is 1. The number of amides is 1. The smallest absolute Gasteiger partial charge is 0.307 e. The van der Waals surface area contributed by atoms with Crippen LogP contribution in [0.15, 0.2) is 42.6 Å². The molecule has 0 spiro atoms. The molecule has 2 N–H and O–H groups in total. The van der Waals surface area contributed by atoms with Crippen LogP contribution in [0.3, 0.4) is 0 Å². The number of halogens is 1. The number of carboxylic acid groups (broad SMARTS) is 1. The lowest BCUT2D eigenvalue weighted by Crippen LogP contribution is -2.23. The van der Waals surface area contributed by atoms with Gasteiger partial charge in [-0.15, -0.1) is 0 Å². The van der Waals surface area contributed by atoms with Gasteiger partial charge in [-0.05, 0) is 23.3 Å². The van der Waals surface area contributed by atoms with E-state index in [0.29, 0.717) is 11.1 Å². The summed E-state index contributed by atoms with van der Waals surface area (Å²) < 4.78 is 0. The lowest BCUT2D eigenvalue weighted by molar-refractivity contribution is -0.136. The summed E-state index contributed by atoms with van der Waals surface area (Å²) >= 11 is 5.73. The minimum atomic E-state index is -0.908. The molecular weight excluding hydrogens is 292 g/mol. The molecule has 21 heavy (non-hydrogen) atoms. The Labute approximate surface area is 126 Å². The van der Waals surface area contributed by atoms with Crippen molar-refractivity contribution in [1.82, 2.24) is 10.3 Å². The molecule has 2 rings (SSSR count). The van der Waals surface area contributed by atoms with Crippen LogP contribution in [0, 0.1) is 0 Å². The summed E-state index contributed by atoms with van der Waals surface area (Å²) in [6.07, 6.45) is 1.38. The zero-order valence-corrected chi connectivity index (χ0v) is 11.8. The van der Waals surface area contributed by atoms with Crippen LogP contribution in [0.2, 0.25) is 5.15 Å². The Morgan fingerprint density at radius 1 is 1.19 bits per heavy atom. The van der Waals surface area contributed by atoms with E-state index in [9.17, 15) is 9.59 Å². The third kappa shape index (κ3) is 4.29. The predicted octanol–water partition coefficient (Wildman–Crippen LogP) is 2.29. The minimum Gasteiger partial charge on any atom is -0.481 e. The molecule has 0 saturated carbocycles. The van der Waals surface area contributed by atoms with Gasteiger partial charge in [0.1, 0.15) is 5.15 Å². The summed E-state index contributed by atoms with van der Waals surface area (Å²) in [5.74, 6) is -1.20. The molecule has 0 saturated heterocycles. The number of nitrogens with zero attached hydrogens (tertiary/aromatic N) is 1.